The highest BCUT2D eigenvalue weighted by atomic mass is 16.3. The first kappa shape index (κ1) is 16.4. The maximum Gasteiger partial charge on any atom is 0.123 e. The molecular weight excluding hydrogens is 344 g/mol. The zero-order valence-electron chi connectivity index (χ0n) is 15.1. The van der Waals surface area contributed by atoms with E-state index in [2.05, 4.69) is 24.3 Å². The molecule has 28 heavy (non-hydrogen) atoms. The van der Waals surface area contributed by atoms with Gasteiger partial charge in [-0.3, -0.25) is 0 Å². The van der Waals surface area contributed by atoms with Crippen LogP contribution in [-0.2, 0) is 0 Å². The molecule has 2 nitrogen and oxygen atoms in total. The first-order chi connectivity index (χ1) is 13.7. The molecule has 0 spiro atoms. The van der Waals surface area contributed by atoms with Crippen LogP contribution < -0.4 is 0 Å². The Bertz CT molecular complexity index is 1260. The third-order valence-electron chi connectivity index (χ3n) is 5.26. The molecule has 0 amide bonds. The van der Waals surface area contributed by atoms with E-state index < -0.39 is 0 Å². The summed E-state index contributed by atoms with van der Waals surface area (Å²) in [6, 6.07) is 31.4. The number of aromatic hydroxyl groups is 2. The van der Waals surface area contributed by atoms with Crippen LogP contribution in [0.5, 0.6) is 11.5 Å². The summed E-state index contributed by atoms with van der Waals surface area (Å²) in [5.41, 5.74) is 4.04. The van der Waals surface area contributed by atoms with E-state index in [0.29, 0.717) is 0 Å². The van der Waals surface area contributed by atoms with E-state index in [1.807, 2.05) is 54.6 Å². The topological polar surface area (TPSA) is 40.5 Å². The van der Waals surface area contributed by atoms with Crippen LogP contribution in [0.25, 0.3) is 43.8 Å². The lowest BCUT2D eigenvalue weighted by molar-refractivity contribution is 0.475. The lowest BCUT2D eigenvalue weighted by Crippen LogP contribution is -1.90. The van der Waals surface area contributed by atoms with E-state index in [1.54, 1.807) is 18.2 Å². The molecule has 134 valence electrons. The van der Waals surface area contributed by atoms with Crippen LogP contribution >= 0.6 is 0 Å². The Morgan fingerprint density at radius 1 is 0.429 bits per heavy atom. The quantitative estimate of drug-likeness (QED) is 0.341. The van der Waals surface area contributed by atoms with E-state index in [-0.39, 0.29) is 11.5 Å². The second kappa shape index (κ2) is 6.43. The van der Waals surface area contributed by atoms with Crippen molar-refractivity contribution in [2.75, 3.05) is 0 Å². The minimum Gasteiger partial charge on any atom is -0.508 e. The van der Waals surface area contributed by atoms with E-state index in [9.17, 15) is 10.2 Å². The average Bonchev–Trinajstić information content (AvgIpc) is 2.73. The van der Waals surface area contributed by atoms with Crippen molar-refractivity contribution in [1.82, 2.24) is 0 Å². The highest BCUT2D eigenvalue weighted by Gasteiger charge is 2.17. The maximum atomic E-state index is 10.6. The highest BCUT2D eigenvalue weighted by molar-refractivity contribution is 6.21. The molecule has 5 aromatic carbocycles. The molecule has 2 N–H and O–H groups in total. The number of hydrogen-bond donors (Lipinski definition) is 2. The van der Waals surface area contributed by atoms with Gasteiger partial charge in [0.05, 0.1) is 0 Å². The van der Waals surface area contributed by atoms with Crippen LogP contribution in [0.3, 0.4) is 0 Å². The van der Waals surface area contributed by atoms with Gasteiger partial charge in [0, 0.05) is 11.1 Å². The Hall–Kier alpha value is -3.78. The Morgan fingerprint density at radius 2 is 0.893 bits per heavy atom. The maximum absolute atomic E-state index is 10.6. The molecule has 0 saturated carbocycles. The summed E-state index contributed by atoms with van der Waals surface area (Å²) in [6.07, 6.45) is 0. The molecule has 5 rings (SSSR count). The van der Waals surface area contributed by atoms with Crippen LogP contribution in [0.1, 0.15) is 0 Å². The first-order valence-corrected chi connectivity index (χ1v) is 9.25. The summed E-state index contributed by atoms with van der Waals surface area (Å²) in [5.74, 6) is 0.526. The van der Waals surface area contributed by atoms with E-state index in [4.69, 9.17) is 0 Å². The number of phenolic OH excluding ortho intramolecular Hbond substituents is 2. The van der Waals surface area contributed by atoms with Gasteiger partial charge in [-0.25, -0.2) is 0 Å². The largest absolute Gasteiger partial charge is 0.508 e. The molecule has 0 saturated heterocycles. The molecule has 0 aromatic heterocycles. The molecule has 0 heterocycles. The molecule has 0 aliphatic heterocycles. The van der Waals surface area contributed by atoms with Crippen LogP contribution in [0, 0.1) is 0 Å². The molecule has 0 atom stereocenters. The van der Waals surface area contributed by atoms with Crippen LogP contribution in [0.15, 0.2) is 97.1 Å². The monoisotopic (exact) mass is 362 g/mol. The fourth-order valence-corrected chi connectivity index (χ4v) is 4.04. The van der Waals surface area contributed by atoms with E-state index in [0.717, 1.165) is 43.8 Å². The Kier molecular flexibility index (Phi) is 3.77. The van der Waals surface area contributed by atoms with E-state index in [1.165, 1.54) is 0 Å². The summed E-state index contributed by atoms with van der Waals surface area (Å²) < 4.78 is 0. The SMILES string of the molecule is Oc1ccc(-c2c3ccccc3c(-c3ccccc3O)c3ccccc23)cc1. The van der Waals surface area contributed by atoms with Crippen molar-refractivity contribution in [3.8, 4) is 33.8 Å². The molecule has 0 aliphatic carbocycles. The van der Waals surface area contributed by atoms with Crippen molar-refractivity contribution in [2.24, 2.45) is 0 Å². The lowest BCUT2D eigenvalue weighted by Gasteiger charge is -2.18. The van der Waals surface area contributed by atoms with Crippen LogP contribution in [-0.4, -0.2) is 10.2 Å². The van der Waals surface area contributed by atoms with Gasteiger partial charge in [0.15, 0.2) is 0 Å². The van der Waals surface area contributed by atoms with Crippen molar-refractivity contribution in [3.63, 3.8) is 0 Å². The predicted octanol–water partition coefficient (Wildman–Crippen LogP) is 6.74. The summed E-state index contributed by atoms with van der Waals surface area (Å²) in [6.45, 7) is 0. The van der Waals surface area contributed by atoms with Gasteiger partial charge in [-0.15, -0.1) is 0 Å². The molecule has 2 heteroatoms. The van der Waals surface area contributed by atoms with Gasteiger partial charge in [-0.05, 0) is 50.9 Å². The van der Waals surface area contributed by atoms with Gasteiger partial charge in [0.2, 0.25) is 0 Å². The molecule has 5 aromatic rings. The standard InChI is InChI=1S/C26H18O2/c27-18-15-13-17(14-16-18)25-19-7-1-3-9-21(19)26(22-10-4-2-8-20(22)25)23-11-5-6-12-24(23)28/h1-16,27-28H. The third-order valence-corrected chi connectivity index (χ3v) is 5.26. The van der Waals surface area contributed by atoms with Crippen molar-refractivity contribution in [1.29, 1.82) is 0 Å². The van der Waals surface area contributed by atoms with Gasteiger partial charge >= 0.3 is 0 Å². The molecule has 0 bridgehead atoms. The number of hydrogen-bond acceptors (Lipinski definition) is 2. The summed E-state index contributed by atoms with van der Waals surface area (Å²) >= 11 is 0. The number of rotatable bonds is 2. The van der Waals surface area contributed by atoms with Gasteiger partial charge in [0.1, 0.15) is 11.5 Å². The Labute approximate surface area is 162 Å². The van der Waals surface area contributed by atoms with Gasteiger partial charge in [0.25, 0.3) is 0 Å². The summed E-state index contributed by atoms with van der Waals surface area (Å²) in [5, 5.41) is 24.7. The first-order valence-electron chi connectivity index (χ1n) is 9.25. The number of benzene rings is 5. The minimum absolute atomic E-state index is 0.253. The second-order valence-corrected chi connectivity index (χ2v) is 6.91. The molecule has 0 aliphatic rings. The summed E-state index contributed by atoms with van der Waals surface area (Å²) in [4.78, 5) is 0. The van der Waals surface area contributed by atoms with Crippen molar-refractivity contribution in [3.05, 3.63) is 97.1 Å². The van der Waals surface area contributed by atoms with Crippen LogP contribution in [0.2, 0.25) is 0 Å². The zero-order chi connectivity index (χ0) is 19.1. The molecule has 0 radical (unpaired) electrons. The normalized spacial score (nSPS) is 11.1. The van der Waals surface area contributed by atoms with Crippen LogP contribution in [0.4, 0.5) is 0 Å². The zero-order valence-corrected chi connectivity index (χ0v) is 15.1. The fourth-order valence-electron chi connectivity index (χ4n) is 4.04. The van der Waals surface area contributed by atoms with Gasteiger partial charge in [-0.1, -0.05) is 78.9 Å². The summed E-state index contributed by atoms with van der Waals surface area (Å²) in [7, 11) is 0. The van der Waals surface area contributed by atoms with Crippen molar-refractivity contribution < 1.29 is 10.2 Å². The Morgan fingerprint density at radius 3 is 1.43 bits per heavy atom. The predicted molar refractivity (Wildman–Crippen MR) is 116 cm³/mol. The smallest absolute Gasteiger partial charge is 0.123 e. The van der Waals surface area contributed by atoms with Gasteiger partial charge in [-0.2, -0.15) is 0 Å². The molecule has 0 fully saturated rings. The molecular formula is C26H18O2. The lowest BCUT2D eigenvalue weighted by atomic mass is 9.86. The third kappa shape index (κ3) is 2.50. The number of para-hydroxylation sites is 1. The average molecular weight is 362 g/mol. The van der Waals surface area contributed by atoms with Gasteiger partial charge < -0.3 is 10.2 Å². The van der Waals surface area contributed by atoms with E-state index >= 15 is 0 Å². The van der Waals surface area contributed by atoms with Crippen molar-refractivity contribution in [2.45, 2.75) is 0 Å². The molecule has 0 unspecified atom stereocenters. The second-order valence-electron chi connectivity index (χ2n) is 6.91. The Balaban J connectivity index is 2.00. The number of fused-ring (bicyclic) bond motifs is 2. The fraction of sp³-hybridized carbons (Fsp3) is 0. The minimum atomic E-state index is 0.253. The number of phenols is 2. The van der Waals surface area contributed by atoms with Crippen molar-refractivity contribution >= 4 is 21.5 Å². The highest BCUT2D eigenvalue weighted by Crippen LogP contribution is 2.45.